The minimum Gasteiger partial charge on any atom is -0.444 e. The lowest BCUT2D eigenvalue weighted by Crippen LogP contribution is -2.44. The van der Waals surface area contributed by atoms with Crippen molar-refractivity contribution in [1.82, 2.24) is 10.2 Å². The monoisotopic (exact) mass is 370 g/mol. The lowest BCUT2D eigenvalue weighted by atomic mass is 9.90. The summed E-state index contributed by atoms with van der Waals surface area (Å²) in [4.78, 5) is 13.9. The number of hydrogen-bond donors (Lipinski definition) is 1. The topological polar surface area (TPSA) is 41.6 Å². The predicted octanol–water partition coefficient (Wildman–Crippen LogP) is 4.75. The van der Waals surface area contributed by atoms with Crippen LogP contribution in [0.2, 0.25) is 5.02 Å². The maximum atomic E-state index is 13.1. The van der Waals surface area contributed by atoms with Crippen LogP contribution in [0.5, 0.6) is 0 Å². The molecule has 0 bridgehead atoms. The number of amides is 1. The highest BCUT2D eigenvalue weighted by atomic mass is 35.5. The van der Waals surface area contributed by atoms with Crippen LogP contribution in [0.1, 0.15) is 52.0 Å². The van der Waals surface area contributed by atoms with Gasteiger partial charge in [0.05, 0.1) is 0 Å². The maximum absolute atomic E-state index is 13.1. The molecule has 25 heavy (non-hydrogen) atoms. The Morgan fingerprint density at radius 2 is 1.96 bits per heavy atom. The van der Waals surface area contributed by atoms with Crippen molar-refractivity contribution < 1.29 is 13.9 Å². The van der Waals surface area contributed by atoms with Crippen LogP contribution in [0.3, 0.4) is 0 Å². The first-order valence-electron chi connectivity index (χ1n) is 8.79. The van der Waals surface area contributed by atoms with Crippen molar-refractivity contribution in [3.05, 3.63) is 34.6 Å². The van der Waals surface area contributed by atoms with Gasteiger partial charge in [0.15, 0.2) is 0 Å². The Bertz CT molecular complexity index is 596. The van der Waals surface area contributed by atoms with Crippen LogP contribution in [-0.2, 0) is 11.3 Å². The van der Waals surface area contributed by atoms with Gasteiger partial charge >= 0.3 is 6.09 Å². The molecule has 0 radical (unpaired) electrons. The van der Waals surface area contributed by atoms with E-state index in [1.165, 1.54) is 12.1 Å². The SMILES string of the molecule is CN(C(=O)OC(C)(C)C)C1CCC(NCc2ccc(F)cc2Cl)CC1. The minimum absolute atomic E-state index is 0.210. The van der Waals surface area contributed by atoms with Gasteiger partial charge in [0.25, 0.3) is 0 Å². The van der Waals surface area contributed by atoms with E-state index in [1.807, 2.05) is 27.8 Å². The van der Waals surface area contributed by atoms with Crippen LogP contribution in [-0.4, -0.2) is 35.7 Å². The molecule has 6 heteroatoms. The highest BCUT2D eigenvalue weighted by Gasteiger charge is 2.29. The number of hydrogen-bond acceptors (Lipinski definition) is 3. The van der Waals surface area contributed by atoms with Gasteiger partial charge in [0, 0.05) is 30.7 Å². The third-order valence-corrected chi connectivity index (χ3v) is 4.87. The molecule has 0 spiro atoms. The fraction of sp³-hybridized carbons (Fsp3) is 0.632. The number of nitrogens with zero attached hydrogens (tertiary/aromatic N) is 1. The van der Waals surface area contributed by atoms with E-state index < -0.39 is 5.60 Å². The van der Waals surface area contributed by atoms with E-state index in [1.54, 1.807) is 11.0 Å². The molecule has 1 aromatic carbocycles. The molecule has 0 heterocycles. The van der Waals surface area contributed by atoms with E-state index in [0.29, 0.717) is 17.6 Å². The van der Waals surface area contributed by atoms with Gasteiger partial charge in [-0.1, -0.05) is 17.7 Å². The Morgan fingerprint density at radius 3 is 2.52 bits per heavy atom. The number of carbonyl (C=O) groups excluding carboxylic acids is 1. The highest BCUT2D eigenvalue weighted by Crippen LogP contribution is 2.25. The third kappa shape index (κ3) is 6.15. The fourth-order valence-corrected chi connectivity index (χ4v) is 3.30. The second-order valence-electron chi connectivity index (χ2n) is 7.71. The molecule has 0 aromatic heterocycles. The van der Waals surface area contributed by atoms with E-state index in [0.717, 1.165) is 31.2 Å². The molecule has 0 unspecified atom stereocenters. The standard InChI is InChI=1S/C19H28ClFN2O2/c1-19(2,3)25-18(24)23(4)16-9-7-15(8-10-16)22-12-13-5-6-14(21)11-17(13)20/h5-6,11,15-16,22H,7-10,12H2,1-4H3. The zero-order valence-electron chi connectivity index (χ0n) is 15.4. The van der Waals surface area contributed by atoms with Crippen LogP contribution >= 0.6 is 11.6 Å². The molecule has 1 aliphatic rings. The van der Waals surface area contributed by atoms with Crippen molar-refractivity contribution in [1.29, 1.82) is 0 Å². The smallest absolute Gasteiger partial charge is 0.410 e. The largest absolute Gasteiger partial charge is 0.444 e. The number of benzene rings is 1. The van der Waals surface area contributed by atoms with Crippen molar-refractivity contribution in [2.75, 3.05) is 7.05 Å². The summed E-state index contributed by atoms with van der Waals surface area (Å²) in [6.07, 6.45) is 3.57. The number of ether oxygens (including phenoxy) is 1. The Labute approximate surface area is 154 Å². The Morgan fingerprint density at radius 1 is 1.32 bits per heavy atom. The summed E-state index contributed by atoms with van der Waals surface area (Å²) < 4.78 is 18.5. The predicted molar refractivity (Wildman–Crippen MR) is 98.3 cm³/mol. The number of carbonyl (C=O) groups is 1. The normalized spacial score (nSPS) is 21.0. The van der Waals surface area contributed by atoms with E-state index in [4.69, 9.17) is 16.3 Å². The Hall–Kier alpha value is -1.33. The van der Waals surface area contributed by atoms with Gasteiger partial charge in [-0.2, -0.15) is 0 Å². The lowest BCUT2D eigenvalue weighted by molar-refractivity contribution is 0.0179. The Balaban J connectivity index is 1.78. The van der Waals surface area contributed by atoms with Gasteiger partial charge in [0.2, 0.25) is 0 Å². The van der Waals surface area contributed by atoms with Gasteiger partial charge < -0.3 is 15.0 Å². The maximum Gasteiger partial charge on any atom is 0.410 e. The zero-order valence-corrected chi connectivity index (χ0v) is 16.2. The van der Waals surface area contributed by atoms with Crippen LogP contribution in [0.25, 0.3) is 0 Å². The van der Waals surface area contributed by atoms with Gasteiger partial charge in [-0.3, -0.25) is 0 Å². The summed E-state index contributed by atoms with van der Waals surface area (Å²) in [5.41, 5.74) is 0.425. The second-order valence-corrected chi connectivity index (χ2v) is 8.12. The first kappa shape index (κ1) is 20.0. The molecule has 0 atom stereocenters. The van der Waals surface area contributed by atoms with Crippen molar-refractivity contribution in [2.24, 2.45) is 0 Å². The van der Waals surface area contributed by atoms with Crippen molar-refractivity contribution >= 4 is 17.7 Å². The minimum atomic E-state index is -0.474. The van der Waals surface area contributed by atoms with Crippen molar-refractivity contribution in [3.63, 3.8) is 0 Å². The molecule has 1 N–H and O–H groups in total. The molecule has 1 amide bonds. The molecule has 2 rings (SSSR count). The van der Waals surface area contributed by atoms with Crippen LogP contribution < -0.4 is 5.32 Å². The molecule has 1 aromatic rings. The molecule has 0 saturated heterocycles. The van der Waals surface area contributed by atoms with Crippen LogP contribution in [0, 0.1) is 5.82 Å². The van der Waals surface area contributed by atoms with Crippen LogP contribution in [0.4, 0.5) is 9.18 Å². The molecular formula is C19H28ClFN2O2. The van der Waals surface area contributed by atoms with E-state index in [9.17, 15) is 9.18 Å². The molecular weight excluding hydrogens is 343 g/mol. The molecule has 4 nitrogen and oxygen atoms in total. The van der Waals surface area contributed by atoms with Gasteiger partial charge in [-0.05, 0) is 64.2 Å². The van der Waals surface area contributed by atoms with E-state index >= 15 is 0 Å². The quantitative estimate of drug-likeness (QED) is 0.831. The molecule has 1 aliphatic carbocycles. The summed E-state index contributed by atoms with van der Waals surface area (Å²) in [7, 11) is 1.81. The van der Waals surface area contributed by atoms with Gasteiger partial charge in [-0.25, -0.2) is 9.18 Å². The lowest BCUT2D eigenvalue weighted by Gasteiger charge is -2.35. The summed E-state index contributed by atoms with van der Waals surface area (Å²) in [6, 6.07) is 5.07. The highest BCUT2D eigenvalue weighted by molar-refractivity contribution is 6.31. The first-order valence-corrected chi connectivity index (χ1v) is 9.16. The summed E-state index contributed by atoms with van der Waals surface area (Å²) in [5.74, 6) is -0.320. The third-order valence-electron chi connectivity index (χ3n) is 4.52. The first-order chi connectivity index (χ1) is 11.7. The van der Waals surface area contributed by atoms with Gasteiger partial charge in [0.1, 0.15) is 11.4 Å². The van der Waals surface area contributed by atoms with Crippen molar-refractivity contribution in [2.45, 2.75) is 70.7 Å². The average Bonchev–Trinajstić information content (AvgIpc) is 2.52. The van der Waals surface area contributed by atoms with E-state index in [2.05, 4.69) is 5.32 Å². The summed E-state index contributed by atoms with van der Waals surface area (Å²) in [5, 5.41) is 3.93. The van der Waals surface area contributed by atoms with Crippen LogP contribution in [0.15, 0.2) is 18.2 Å². The summed E-state index contributed by atoms with van der Waals surface area (Å²) >= 11 is 6.06. The number of nitrogens with one attached hydrogen (secondary N) is 1. The number of halogens is 2. The molecule has 1 fully saturated rings. The summed E-state index contributed by atoms with van der Waals surface area (Å²) in [6.45, 7) is 6.25. The molecule has 140 valence electrons. The number of rotatable bonds is 4. The molecule has 0 aliphatic heterocycles. The van der Waals surface area contributed by atoms with Crippen molar-refractivity contribution in [3.8, 4) is 0 Å². The average molecular weight is 371 g/mol. The van der Waals surface area contributed by atoms with Gasteiger partial charge in [-0.15, -0.1) is 0 Å². The molecule has 1 saturated carbocycles. The fourth-order valence-electron chi connectivity index (χ4n) is 3.07. The Kier molecular flexibility index (Phi) is 6.69. The zero-order chi connectivity index (χ0) is 18.6. The second kappa shape index (κ2) is 8.37. The van der Waals surface area contributed by atoms with E-state index in [-0.39, 0.29) is 18.0 Å².